The van der Waals surface area contributed by atoms with Crippen LogP contribution in [0.5, 0.6) is 0 Å². The van der Waals surface area contributed by atoms with Crippen molar-refractivity contribution >= 4 is 60.8 Å². The summed E-state index contributed by atoms with van der Waals surface area (Å²) in [6.45, 7) is 2.36. The molecule has 9 heavy (non-hydrogen) atoms. The molecule has 0 N–H and O–H groups in total. The van der Waals surface area contributed by atoms with E-state index in [2.05, 4.69) is 4.74 Å². The molecule has 0 aliphatic rings. The minimum Gasteiger partial charge on any atom is 0 e. The van der Waals surface area contributed by atoms with Crippen LogP contribution >= 0.6 is 0 Å². The fraction of sp³-hybridized carbons (Fsp3) is 0.500. The molecule has 1 radical (unpaired) electrons. The molecular weight excluding hydrogens is 297 g/mol. The molecule has 0 aliphatic carbocycles. The van der Waals surface area contributed by atoms with Gasteiger partial charge in [-0.1, -0.05) is 0 Å². The summed E-state index contributed by atoms with van der Waals surface area (Å²) in [4.78, 5) is 19.6. The Morgan fingerprint density at radius 1 is 1.11 bits per heavy atom. The molecule has 0 aromatic heterocycles. The fourth-order valence-electron chi connectivity index (χ4n) is 0.202. The minimum atomic E-state index is -0.562. The van der Waals surface area contributed by atoms with Crippen LogP contribution in [0.1, 0.15) is 13.8 Å². The third kappa shape index (κ3) is 17.6. The van der Waals surface area contributed by atoms with E-state index in [1.54, 1.807) is 0 Å². The maximum atomic E-state index is 9.81. The standard InChI is InChI=1S/C4H6O3.Ba.Cu.2H/c1-3(5)7-4(2)6;;;;/h1-2H3;;;;. The monoisotopic (exact) mass is 305 g/mol. The van der Waals surface area contributed by atoms with E-state index < -0.39 is 11.9 Å². The summed E-state index contributed by atoms with van der Waals surface area (Å²) in [6, 6.07) is 0. The van der Waals surface area contributed by atoms with Gasteiger partial charge in [-0.05, 0) is 0 Å². The molecule has 0 saturated heterocycles. The molecule has 55 valence electrons. The van der Waals surface area contributed by atoms with Gasteiger partial charge in [-0.15, -0.1) is 0 Å². The Morgan fingerprint density at radius 2 is 1.33 bits per heavy atom. The zero-order valence-electron chi connectivity index (χ0n) is 4.53. The topological polar surface area (TPSA) is 43.4 Å². The van der Waals surface area contributed by atoms with Gasteiger partial charge in [0.1, 0.15) is 0 Å². The van der Waals surface area contributed by atoms with Gasteiger partial charge in [0.25, 0.3) is 0 Å². The number of hydrogen-bond acceptors (Lipinski definition) is 3. The zero-order chi connectivity index (χ0) is 5.86. The first-order chi connectivity index (χ1) is 3.13. The van der Waals surface area contributed by atoms with Gasteiger partial charge in [0.05, 0.1) is 0 Å². The molecule has 0 aromatic carbocycles. The summed E-state index contributed by atoms with van der Waals surface area (Å²) < 4.78 is 3.97. The van der Waals surface area contributed by atoms with Gasteiger partial charge >= 0.3 is 60.8 Å². The van der Waals surface area contributed by atoms with E-state index in [1.165, 1.54) is 13.8 Å². The van der Waals surface area contributed by atoms with Crippen molar-refractivity contribution in [2.24, 2.45) is 0 Å². The zero-order valence-corrected chi connectivity index (χ0v) is 5.47. The van der Waals surface area contributed by atoms with Crippen LogP contribution in [0.25, 0.3) is 0 Å². The number of rotatable bonds is 0. The molecule has 0 bridgehead atoms. The molecule has 0 amide bonds. The van der Waals surface area contributed by atoms with Gasteiger partial charge < -0.3 is 4.74 Å². The van der Waals surface area contributed by atoms with E-state index in [9.17, 15) is 9.59 Å². The molecule has 0 aromatic rings. The first kappa shape index (κ1) is 16.7. The summed E-state index contributed by atoms with van der Waals surface area (Å²) in [7, 11) is 0. The van der Waals surface area contributed by atoms with E-state index in [4.69, 9.17) is 0 Å². The number of hydrogen-bond donors (Lipinski definition) is 0. The van der Waals surface area contributed by atoms with Crippen molar-refractivity contribution in [2.45, 2.75) is 13.8 Å². The van der Waals surface area contributed by atoms with Crippen molar-refractivity contribution in [1.29, 1.82) is 0 Å². The van der Waals surface area contributed by atoms with Crippen LogP contribution in [0.4, 0.5) is 0 Å². The summed E-state index contributed by atoms with van der Waals surface area (Å²) in [5, 5.41) is 0. The van der Waals surface area contributed by atoms with Gasteiger partial charge in [0.2, 0.25) is 0 Å². The van der Waals surface area contributed by atoms with Crippen molar-refractivity contribution in [1.82, 2.24) is 0 Å². The smallest absolute Gasteiger partial charge is 0 e. The molecule has 0 atom stereocenters. The second kappa shape index (κ2) is 9.23. The van der Waals surface area contributed by atoms with Gasteiger partial charge in [-0.3, -0.25) is 9.59 Å². The molecule has 0 rings (SSSR count). The summed E-state index contributed by atoms with van der Waals surface area (Å²) in [6.07, 6.45) is 0. The third-order valence-corrected chi connectivity index (χ3v) is 0.287. The average Bonchev–Trinajstić information content (AvgIpc) is 1.27. The summed E-state index contributed by atoms with van der Waals surface area (Å²) >= 11 is 0. The van der Waals surface area contributed by atoms with Crippen LogP contribution in [0.3, 0.4) is 0 Å². The largest absolute Gasteiger partial charge is 0 e. The molecule has 0 fully saturated rings. The number of ether oxygens (including phenoxy) is 1. The minimum absolute atomic E-state index is 0. The Kier molecular flexibility index (Phi) is 17.1. The molecule has 0 heterocycles. The Labute approximate surface area is 104 Å². The van der Waals surface area contributed by atoms with Crippen molar-refractivity contribution in [2.75, 3.05) is 0 Å². The van der Waals surface area contributed by atoms with E-state index in [1.807, 2.05) is 0 Å². The number of carbonyl (C=O) groups excluding carboxylic acids is 2. The molecule has 0 aliphatic heterocycles. The Morgan fingerprint density at radius 3 is 1.33 bits per heavy atom. The maximum absolute atomic E-state index is 9.81. The Hall–Kier alpha value is 1.23. The quantitative estimate of drug-likeness (QED) is 0.334. The molecule has 0 spiro atoms. The number of esters is 2. The van der Waals surface area contributed by atoms with Crippen LogP contribution < -0.4 is 0 Å². The second-order valence-electron chi connectivity index (χ2n) is 1.09. The first-order valence-corrected chi connectivity index (χ1v) is 1.82. The molecular formula is C4H8BaCuO3. The third-order valence-electron chi connectivity index (χ3n) is 0.287. The predicted octanol–water partition coefficient (Wildman–Crippen LogP) is -0.823. The van der Waals surface area contributed by atoms with Crippen molar-refractivity contribution in [3.63, 3.8) is 0 Å². The van der Waals surface area contributed by atoms with Crippen LogP contribution in [-0.2, 0) is 31.4 Å². The van der Waals surface area contributed by atoms with E-state index >= 15 is 0 Å². The van der Waals surface area contributed by atoms with Crippen LogP contribution in [0.15, 0.2) is 0 Å². The van der Waals surface area contributed by atoms with E-state index in [-0.39, 0.29) is 65.9 Å². The molecule has 0 unspecified atom stereocenters. The Balaban J connectivity index is -0.000000180. The van der Waals surface area contributed by atoms with Crippen LogP contribution in [0, 0.1) is 0 Å². The van der Waals surface area contributed by atoms with E-state index in [0.717, 1.165) is 0 Å². The molecule has 3 nitrogen and oxygen atoms in total. The summed E-state index contributed by atoms with van der Waals surface area (Å²) in [5.41, 5.74) is 0. The SMILES string of the molecule is CC(=O)OC(C)=O.[BaH2].[Cu]. The second-order valence-corrected chi connectivity index (χ2v) is 1.09. The van der Waals surface area contributed by atoms with Crippen molar-refractivity contribution in [3.8, 4) is 0 Å². The van der Waals surface area contributed by atoms with E-state index in [0.29, 0.717) is 0 Å². The fourth-order valence-corrected chi connectivity index (χ4v) is 0.202. The predicted molar refractivity (Wildman–Crippen MR) is 31.0 cm³/mol. The van der Waals surface area contributed by atoms with Gasteiger partial charge in [-0.2, -0.15) is 0 Å². The van der Waals surface area contributed by atoms with Crippen LogP contribution in [0.2, 0.25) is 0 Å². The molecule has 0 saturated carbocycles. The number of carbonyl (C=O) groups is 2. The van der Waals surface area contributed by atoms with Gasteiger partial charge in [-0.25, -0.2) is 0 Å². The summed E-state index contributed by atoms with van der Waals surface area (Å²) in [5.74, 6) is -1.12. The maximum Gasteiger partial charge on any atom is 0 e. The van der Waals surface area contributed by atoms with Crippen molar-refractivity contribution in [3.05, 3.63) is 0 Å². The Bertz CT molecular complexity index is 92.0. The van der Waals surface area contributed by atoms with Crippen LogP contribution in [-0.4, -0.2) is 60.8 Å². The molecule has 5 heteroatoms. The first-order valence-electron chi connectivity index (χ1n) is 1.82. The van der Waals surface area contributed by atoms with Crippen molar-refractivity contribution < 1.29 is 31.4 Å². The average molecular weight is 305 g/mol. The van der Waals surface area contributed by atoms with Gasteiger partial charge in [0, 0.05) is 30.9 Å². The normalized spacial score (nSPS) is 6.00. The van der Waals surface area contributed by atoms with Gasteiger partial charge in [0.15, 0.2) is 0 Å².